The standard InChI is InChI=1S/C15H13NO/c17-15-6-3-4-11-10-12(7-8-13(11)15)14-5-1-2-9-16-14/h1-5,7-10,15,17H,6H2. The fraction of sp³-hybridized carbons (Fsp3) is 0.133. The van der Waals surface area contributed by atoms with Crippen LogP contribution in [0.1, 0.15) is 23.7 Å². The predicted octanol–water partition coefficient (Wildman–Crippen LogP) is 3.20. The Hall–Kier alpha value is -1.93. The van der Waals surface area contributed by atoms with Crippen molar-refractivity contribution in [2.24, 2.45) is 0 Å². The smallest absolute Gasteiger partial charge is 0.0830 e. The number of aliphatic hydroxyl groups is 1. The van der Waals surface area contributed by atoms with Gasteiger partial charge in [-0.05, 0) is 35.7 Å². The quantitative estimate of drug-likeness (QED) is 0.805. The first kappa shape index (κ1) is 10.2. The fourth-order valence-corrected chi connectivity index (χ4v) is 2.17. The number of aliphatic hydroxyl groups excluding tert-OH is 1. The monoisotopic (exact) mass is 223 g/mol. The molecule has 2 nitrogen and oxygen atoms in total. The third-order valence-electron chi connectivity index (χ3n) is 3.06. The van der Waals surface area contributed by atoms with Crippen LogP contribution in [0, 0.1) is 0 Å². The van der Waals surface area contributed by atoms with Crippen molar-refractivity contribution in [1.82, 2.24) is 4.98 Å². The molecule has 0 fully saturated rings. The first-order valence-electron chi connectivity index (χ1n) is 5.74. The Morgan fingerprint density at radius 2 is 2.12 bits per heavy atom. The topological polar surface area (TPSA) is 33.1 Å². The summed E-state index contributed by atoms with van der Waals surface area (Å²) in [6.45, 7) is 0. The third-order valence-corrected chi connectivity index (χ3v) is 3.06. The van der Waals surface area contributed by atoms with Crippen LogP contribution in [-0.2, 0) is 0 Å². The van der Waals surface area contributed by atoms with Crippen molar-refractivity contribution in [3.05, 3.63) is 59.8 Å². The Morgan fingerprint density at radius 3 is 2.94 bits per heavy atom. The van der Waals surface area contributed by atoms with Crippen molar-refractivity contribution >= 4 is 6.08 Å². The second kappa shape index (κ2) is 4.15. The van der Waals surface area contributed by atoms with Gasteiger partial charge in [-0.25, -0.2) is 0 Å². The minimum atomic E-state index is -0.368. The van der Waals surface area contributed by atoms with E-state index >= 15 is 0 Å². The van der Waals surface area contributed by atoms with Gasteiger partial charge in [0, 0.05) is 11.8 Å². The molecule has 0 spiro atoms. The van der Waals surface area contributed by atoms with Crippen LogP contribution in [-0.4, -0.2) is 10.1 Å². The maximum Gasteiger partial charge on any atom is 0.0830 e. The molecule has 2 heteroatoms. The van der Waals surface area contributed by atoms with Crippen LogP contribution >= 0.6 is 0 Å². The summed E-state index contributed by atoms with van der Waals surface area (Å²) >= 11 is 0. The largest absolute Gasteiger partial charge is 0.388 e. The number of nitrogens with zero attached hydrogens (tertiary/aromatic N) is 1. The van der Waals surface area contributed by atoms with Crippen LogP contribution in [0.3, 0.4) is 0 Å². The van der Waals surface area contributed by atoms with Crippen molar-refractivity contribution < 1.29 is 5.11 Å². The van der Waals surface area contributed by atoms with Crippen LogP contribution in [0.4, 0.5) is 0 Å². The van der Waals surface area contributed by atoms with Crippen LogP contribution in [0.15, 0.2) is 48.7 Å². The Balaban J connectivity index is 2.08. The van der Waals surface area contributed by atoms with Crippen molar-refractivity contribution in [3.8, 4) is 11.3 Å². The Kier molecular flexibility index (Phi) is 2.50. The minimum absolute atomic E-state index is 0.368. The van der Waals surface area contributed by atoms with E-state index in [0.717, 1.165) is 22.4 Å². The van der Waals surface area contributed by atoms with E-state index in [2.05, 4.69) is 17.1 Å². The lowest BCUT2D eigenvalue weighted by molar-refractivity contribution is 0.180. The van der Waals surface area contributed by atoms with Gasteiger partial charge in [-0.15, -0.1) is 0 Å². The molecule has 0 saturated carbocycles. The van der Waals surface area contributed by atoms with Gasteiger partial charge in [0.25, 0.3) is 0 Å². The van der Waals surface area contributed by atoms with Crippen molar-refractivity contribution in [2.75, 3.05) is 0 Å². The predicted molar refractivity (Wildman–Crippen MR) is 68.3 cm³/mol. The summed E-state index contributed by atoms with van der Waals surface area (Å²) in [4.78, 5) is 4.33. The third kappa shape index (κ3) is 1.87. The number of fused-ring (bicyclic) bond motifs is 1. The Morgan fingerprint density at radius 1 is 1.18 bits per heavy atom. The van der Waals surface area contributed by atoms with Gasteiger partial charge in [0.15, 0.2) is 0 Å². The van der Waals surface area contributed by atoms with E-state index in [-0.39, 0.29) is 6.10 Å². The lowest BCUT2D eigenvalue weighted by atomic mass is 9.92. The summed E-state index contributed by atoms with van der Waals surface area (Å²) < 4.78 is 0. The minimum Gasteiger partial charge on any atom is -0.388 e. The highest BCUT2D eigenvalue weighted by Gasteiger charge is 2.14. The van der Waals surface area contributed by atoms with Gasteiger partial charge >= 0.3 is 0 Å². The van der Waals surface area contributed by atoms with E-state index in [1.807, 2.05) is 36.4 Å². The summed E-state index contributed by atoms with van der Waals surface area (Å²) in [5.41, 5.74) is 4.14. The highest BCUT2D eigenvalue weighted by atomic mass is 16.3. The second-order valence-electron chi connectivity index (χ2n) is 4.21. The van der Waals surface area contributed by atoms with Crippen LogP contribution < -0.4 is 0 Å². The van der Waals surface area contributed by atoms with Crippen molar-refractivity contribution in [2.45, 2.75) is 12.5 Å². The molecule has 1 unspecified atom stereocenters. The molecule has 17 heavy (non-hydrogen) atoms. The van der Waals surface area contributed by atoms with Gasteiger partial charge in [0.2, 0.25) is 0 Å². The number of hydrogen-bond acceptors (Lipinski definition) is 2. The zero-order chi connectivity index (χ0) is 11.7. The Labute approximate surface area is 100 Å². The number of rotatable bonds is 1. The molecule has 2 aromatic rings. The molecule has 0 aliphatic heterocycles. The second-order valence-corrected chi connectivity index (χ2v) is 4.21. The average molecular weight is 223 g/mol. The molecule has 1 aromatic heterocycles. The van der Waals surface area contributed by atoms with E-state index in [9.17, 15) is 5.11 Å². The molecule has 1 aliphatic carbocycles. The SMILES string of the molecule is OC1CC=Cc2cc(-c3ccccn3)ccc21. The zero-order valence-electron chi connectivity index (χ0n) is 9.38. The molecule has 0 saturated heterocycles. The van der Waals surface area contributed by atoms with Gasteiger partial charge < -0.3 is 5.11 Å². The first-order valence-corrected chi connectivity index (χ1v) is 5.74. The molecule has 1 atom stereocenters. The molecule has 84 valence electrons. The molecule has 0 bridgehead atoms. The number of pyridine rings is 1. The lowest BCUT2D eigenvalue weighted by Crippen LogP contribution is -2.02. The van der Waals surface area contributed by atoms with Gasteiger partial charge in [0.05, 0.1) is 11.8 Å². The fourth-order valence-electron chi connectivity index (χ4n) is 2.17. The molecular formula is C15H13NO. The highest BCUT2D eigenvalue weighted by molar-refractivity contribution is 5.67. The zero-order valence-corrected chi connectivity index (χ0v) is 9.38. The van der Waals surface area contributed by atoms with Crippen molar-refractivity contribution in [1.29, 1.82) is 0 Å². The summed E-state index contributed by atoms with van der Waals surface area (Å²) in [5, 5.41) is 9.86. The summed E-state index contributed by atoms with van der Waals surface area (Å²) in [5.74, 6) is 0. The van der Waals surface area contributed by atoms with Crippen LogP contribution in [0.5, 0.6) is 0 Å². The van der Waals surface area contributed by atoms with E-state index < -0.39 is 0 Å². The van der Waals surface area contributed by atoms with E-state index in [4.69, 9.17) is 0 Å². The molecule has 1 heterocycles. The lowest BCUT2D eigenvalue weighted by Gasteiger charge is -2.17. The first-order chi connectivity index (χ1) is 8.34. The number of hydrogen-bond donors (Lipinski definition) is 1. The van der Waals surface area contributed by atoms with Gasteiger partial charge in [-0.1, -0.05) is 30.4 Å². The highest BCUT2D eigenvalue weighted by Crippen LogP contribution is 2.30. The van der Waals surface area contributed by atoms with Crippen LogP contribution in [0.2, 0.25) is 0 Å². The Bertz CT molecular complexity index is 560. The molecular weight excluding hydrogens is 210 g/mol. The van der Waals surface area contributed by atoms with Gasteiger partial charge in [0.1, 0.15) is 0 Å². The molecule has 0 amide bonds. The van der Waals surface area contributed by atoms with E-state index in [1.165, 1.54) is 0 Å². The normalized spacial score (nSPS) is 17.8. The summed E-state index contributed by atoms with van der Waals surface area (Å²) in [6, 6.07) is 12.0. The number of benzene rings is 1. The summed E-state index contributed by atoms with van der Waals surface area (Å²) in [7, 11) is 0. The maximum absolute atomic E-state index is 9.86. The molecule has 1 aromatic carbocycles. The van der Waals surface area contributed by atoms with Crippen molar-refractivity contribution in [3.63, 3.8) is 0 Å². The van der Waals surface area contributed by atoms with Crippen LogP contribution in [0.25, 0.3) is 17.3 Å². The maximum atomic E-state index is 9.86. The van der Waals surface area contributed by atoms with E-state index in [1.54, 1.807) is 6.20 Å². The van der Waals surface area contributed by atoms with Gasteiger partial charge in [-0.3, -0.25) is 4.98 Å². The molecule has 1 aliphatic rings. The molecule has 1 N–H and O–H groups in total. The van der Waals surface area contributed by atoms with E-state index in [0.29, 0.717) is 6.42 Å². The summed E-state index contributed by atoms with van der Waals surface area (Å²) in [6.07, 6.45) is 6.20. The van der Waals surface area contributed by atoms with Gasteiger partial charge in [-0.2, -0.15) is 0 Å². The average Bonchev–Trinajstić information content (AvgIpc) is 2.40. The molecule has 3 rings (SSSR count). The number of aromatic nitrogens is 1. The molecule has 0 radical (unpaired) electrons.